The van der Waals surface area contributed by atoms with Crippen molar-refractivity contribution in [3.05, 3.63) is 56.7 Å². The number of nitrogens with one attached hydrogen (secondary N) is 1. The van der Waals surface area contributed by atoms with Gasteiger partial charge in [-0.3, -0.25) is 10.1 Å². The van der Waals surface area contributed by atoms with Gasteiger partial charge in [0, 0.05) is 29.2 Å². The predicted octanol–water partition coefficient (Wildman–Crippen LogP) is 3.37. The number of pyridine rings is 1. The van der Waals surface area contributed by atoms with E-state index in [2.05, 4.69) is 26.2 Å². The fourth-order valence-corrected chi connectivity index (χ4v) is 2.18. The van der Waals surface area contributed by atoms with E-state index in [4.69, 9.17) is 4.74 Å². The van der Waals surface area contributed by atoms with E-state index in [0.717, 1.165) is 11.3 Å². The van der Waals surface area contributed by atoms with Crippen LogP contribution in [0.15, 0.2) is 41.0 Å². The van der Waals surface area contributed by atoms with Crippen LogP contribution in [-0.4, -0.2) is 17.0 Å². The van der Waals surface area contributed by atoms with Crippen LogP contribution in [0, 0.1) is 10.1 Å². The number of benzene rings is 1. The summed E-state index contributed by atoms with van der Waals surface area (Å²) >= 11 is 3.27. The molecule has 0 saturated carbocycles. The van der Waals surface area contributed by atoms with E-state index < -0.39 is 4.92 Å². The number of nitro groups is 1. The molecule has 7 heteroatoms. The van der Waals surface area contributed by atoms with Gasteiger partial charge in [0.05, 0.1) is 23.9 Å². The second kappa shape index (κ2) is 6.33. The molecule has 0 fully saturated rings. The molecular formula is C13H12BrN3O3. The molecule has 20 heavy (non-hydrogen) atoms. The Labute approximate surface area is 124 Å². The Morgan fingerprint density at radius 2 is 2.20 bits per heavy atom. The lowest BCUT2D eigenvalue weighted by molar-refractivity contribution is -0.385. The Morgan fingerprint density at radius 3 is 2.80 bits per heavy atom. The van der Waals surface area contributed by atoms with Crippen LogP contribution in [0.25, 0.3) is 0 Å². The molecule has 1 aromatic carbocycles. The molecular weight excluding hydrogens is 326 g/mol. The highest BCUT2D eigenvalue weighted by molar-refractivity contribution is 9.10. The highest BCUT2D eigenvalue weighted by Crippen LogP contribution is 2.22. The van der Waals surface area contributed by atoms with Crippen LogP contribution in [0.2, 0.25) is 0 Å². The minimum absolute atomic E-state index is 0.0593. The maximum atomic E-state index is 10.8. The first-order valence-corrected chi connectivity index (χ1v) is 6.55. The molecule has 0 unspecified atom stereocenters. The quantitative estimate of drug-likeness (QED) is 0.668. The molecule has 1 heterocycles. The van der Waals surface area contributed by atoms with Gasteiger partial charge in [-0.25, -0.2) is 4.98 Å². The third-order valence-corrected chi connectivity index (χ3v) is 3.05. The molecule has 0 aliphatic heterocycles. The van der Waals surface area contributed by atoms with Gasteiger partial charge in [-0.2, -0.15) is 0 Å². The first kappa shape index (κ1) is 14.3. The van der Waals surface area contributed by atoms with E-state index in [1.165, 1.54) is 12.1 Å². The molecule has 0 aliphatic rings. The molecule has 0 amide bonds. The SMILES string of the molecule is COc1ccc(NCc2cc(Br)cc([N+](=O)[O-])c2)cn1. The lowest BCUT2D eigenvalue weighted by Crippen LogP contribution is -2.01. The van der Waals surface area contributed by atoms with Crippen LogP contribution in [-0.2, 0) is 6.54 Å². The number of methoxy groups -OCH3 is 1. The highest BCUT2D eigenvalue weighted by atomic mass is 79.9. The van der Waals surface area contributed by atoms with E-state index in [9.17, 15) is 10.1 Å². The second-order valence-corrected chi connectivity index (χ2v) is 4.93. The first-order chi connectivity index (χ1) is 9.58. The van der Waals surface area contributed by atoms with Crippen molar-refractivity contribution >= 4 is 27.3 Å². The molecule has 2 aromatic rings. The molecule has 0 aliphatic carbocycles. The summed E-state index contributed by atoms with van der Waals surface area (Å²) in [6.07, 6.45) is 1.64. The third-order valence-electron chi connectivity index (χ3n) is 2.60. The van der Waals surface area contributed by atoms with Crippen LogP contribution in [0.3, 0.4) is 0 Å². The van der Waals surface area contributed by atoms with Gasteiger partial charge in [0.2, 0.25) is 5.88 Å². The van der Waals surface area contributed by atoms with Gasteiger partial charge in [-0.15, -0.1) is 0 Å². The van der Waals surface area contributed by atoms with Gasteiger partial charge in [-0.05, 0) is 17.7 Å². The third kappa shape index (κ3) is 3.67. The number of hydrogen-bond donors (Lipinski definition) is 1. The maximum absolute atomic E-state index is 10.8. The summed E-state index contributed by atoms with van der Waals surface area (Å²) in [5.41, 5.74) is 1.68. The molecule has 1 N–H and O–H groups in total. The summed E-state index contributed by atoms with van der Waals surface area (Å²) in [5, 5.41) is 13.9. The van der Waals surface area contributed by atoms with Crippen molar-refractivity contribution in [3.63, 3.8) is 0 Å². The zero-order chi connectivity index (χ0) is 14.5. The van der Waals surface area contributed by atoms with Gasteiger partial charge in [0.25, 0.3) is 5.69 Å². The van der Waals surface area contributed by atoms with Gasteiger partial charge in [0.15, 0.2) is 0 Å². The van der Waals surface area contributed by atoms with Gasteiger partial charge in [-0.1, -0.05) is 15.9 Å². The topological polar surface area (TPSA) is 77.3 Å². The number of nitrogens with zero attached hydrogens (tertiary/aromatic N) is 2. The van der Waals surface area contributed by atoms with Crippen molar-refractivity contribution in [1.82, 2.24) is 4.98 Å². The normalized spacial score (nSPS) is 10.1. The molecule has 6 nitrogen and oxygen atoms in total. The first-order valence-electron chi connectivity index (χ1n) is 5.76. The van der Waals surface area contributed by atoms with Crippen molar-refractivity contribution < 1.29 is 9.66 Å². The van der Waals surface area contributed by atoms with E-state index in [-0.39, 0.29) is 5.69 Å². The summed E-state index contributed by atoms with van der Waals surface area (Å²) in [6, 6.07) is 8.41. The minimum Gasteiger partial charge on any atom is -0.481 e. The van der Waals surface area contributed by atoms with Crippen molar-refractivity contribution in [2.24, 2.45) is 0 Å². The molecule has 0 atom stereocenters. The van der Waals surface area contributed by atoms with E-state index in [1.807, 2.05) is 12.1 Å². The zero-order valence-electron chi connectivity index (χ0n) is 10.7. The Morgan fingerprint density at radius 1 is 1.40 bits per heavy atom. The Kier molecular flexibility index (Phi) is 4.52. The molecule has 0 bridgehead atoms. The fraction of sp³-hybridized carbons (Fsp3) is 0.154. The van der Waals surface area contributed by atoms with E-state index in [1.54, 1.807) is 19.4 Å². The number of anilines is 1. The minimum atomic E-state index is -0.413. The molecule has 0 radical (unpaired) electrons. The van der Waals surface area contributed by atoms with Crippen LogP contribution >= 0.6 is 15.9 Å². The molecule has 2 rings (SSSR count). The zero-order valence-corrected chi connectivity index (χ0v) is 12.3. The predicted molar refractivity (Wildman–Crippen MR) is 78.9 cm³/mol. The summed E-state index contributed by atoms with van der Waals surface area (Å²) in [6.45, 7) is 0.467. The van der Waals surface area contributed by atoms with Crippen molar-refractivity contribution in [1.29, 1.82) is 0 Å². The number of non-ortho nitro benzene ring substituents is 1. The van der Waals surface area contributed by atoms with Crippen molar-refractivity contribution in [3.8, 4) is 5.88 Å². The summed E-state index contributed by atoms with van der Waals surface area (Å²) in [5.74, 6) is 0.536. The van der Waals surface area contributed by atoms with Crippen molar-refractivity contribution in [2.75, 3.05) is 12.4 Å². The number of halogens is 1. The van der Waals surface area contributed by atoms with Gasteiger partial charge >= 0.3 is 0 Å². The standard InChI is InChI=1S/C13H12BrN3O3/c1-20-13-3-2-11(8-16-13)15-7-9-4-10(14)6-12(5-9)17(18)19/h2-6,8,15H,7H2,1H3. The maximum Gasteiger partial charge on any atom is 0.270 e. The Hall–Kier alpha value is -2.15. The average molecular weight is 338 g/mol. The number of hydrogen-bond acceptors (Lipinski definition) is 5. The second-order valence-electron chi connectivity index (χ2n) is 4.02. The van der Waals surface area contributed by atoms with Gasteiger partial charge < -0.3 is 10.1 Å². The molecule has 104 valence electrons. The van der Waals surface area contributed by atoms with Crippen LogP contribution in [0.1, 0.15) is 5.56 Å². The summed E-state index contributed by atoms with van der Waals surface area (Å²) < 4.78 is 5.65. The smallest absolute Gasteiger partial charge is 0.270 e. The Bertz CT molecular complexity index is 617. The average Bonchev–Trinajstić information content (AvgIpc) is 2.45. The Balaban J connectivity index is 2.08. The van der Waals surface area contributed by atoms with Crippen LogP contribution < -0.4 is 10.1 Å². The summed E-state index contributed by atoms with van der Waals surface area (Å²) in [7, 11) is 1.55. The number of aromatic nitrogens is 1. The van der Waals surface area contributed by atoms with Crippen LogP contribution in [0.5, 0.6) is 5.88 Å². The lowest BCUT2D eigenvalue weighted by Gasteiger charge is -2.07. The molecule has 0 spiro atoms. The molecule has 1 aromatic heterocycles. The summed E-state index contributed by atoms with van der Waals surface area (Å²) in [4.78, 5) is 14.4. The largest absolute Gasteiger partial charge is 0.481 e. The number of rotatable bonds is 5. The van der Waals surface area contributed by atoms with E-state index in [0.29, 0.717) is 16.9 Å². The highest BCUT2D eigenvalue weighted by Gasteiger charge is 2.08. The molecule has 0 saturated heterocycles. The lowest BCUT2D eigenvalue weighted by atomic mass is 10.2. The fourth-order valence-electron chi connectivity index (χ4n) is 1.65. The van der Waals surface area contributed by atoms with Crippen molar-refractivity contribution in [2.45, 2.75) is 6.54 Å². The monoisotopic (exact) mass is 337 g/mol. The number of ether oxygens (including phenoxy) is 1. The van der Waals surface area contributed by atoms with Crippen LogP contribution in [0.4, 0.5) is 11.4 Å². The number of nitro benzene ring substituents is 1. The van der Waals surface area contributed by atoms with Gasteiger partial charge in [0.1, 0.15) is 0 Å². The van der Waals surface area contributed by atoms with E-state index >= 15 is 0 Å².